The summed E-state index contributed by atoms with van der Waals surface area (Å²) < 4.78 is 7.38. The van der Waals surface area contributed by atoms with Crippen molar-refractivity contribution < 1.29 is 4.74 Å². The molecule has 1 unspecified atom stereocenters. The molecule has 31 heavy (non-hydrogen) atoms. The predicted octanol–water partition coefficient (Wildman–Crippen LogP) is 2.37. The van der Waals surface area contributed by atoms with Gasteiger partial charge in [0.25, 0.3) is 0 Å². The van der Waals surface area contributed by atoms with Crippen molar-refractivity contribution >= 4 is 29.9 Å². The van der Waals surface area contributed by atoms with Gasteiger partial charge in [0.15, 0.2) is 11.8 Å². The summed E-state index contributed by atoms with van der Waals surface area (Å²) in [6.45, 7) is 13.5. The van der Waals surface area contributed by atoms with E-state index < -0.39 is 0 Å². The van der Waals surface area contributed by atoms with Gasteiger partial charge in [-0.25, -0.2) is 14.7 Å². The van der Waals surface area contributed by atoms with Crippen LogP contribution >= 0.6 is 24.0 Å². The topological polar surface area (TPSA) is 70.8 Å². The smallest absolute Gasteiger partial charge is 0.194 e. The number of aliphatic imine (C=N–C) groups is 1. The number of guanidine groups is 1. The molecule has 9 heteroatoms. The Morgan fingerprint density at radius 2 is 2.03 bits per heavy atom. The van der Waals surface area contributed by atoms with Crippen molar-refractivity contribution in [1.29, 1.82) is 0 Å². The number of pyridine rings is 1. The lowest BCUT2D eigenvalue weighted by Gasteiger charge is -2.32. The third-order valence-corrected chi connectivity index (χ3v) is 5.81. The quantitative estimate of drug-likeness (QED) is 0.358. The highest BCUT2D eigenvalue weighted by molar-refractivity contribution is 14.0. The molecular weight excluding hydrogens is 505 g/mol. The van der Waals surface area contributed by atoms with Gasteiger partial charge >= 0.3 is 0 Å². The van der Waals surface area contributed by atoms with E-state index in [9.17, 15) is 0 Å². The van der Waals surface area contributed by atoms with Gasteiger partial charge in [-0.3, -0.25) is 4.90 Å². The van der Waals surface area contributed by atoms with Gasteiger partial charge in [-0.2, -0.15) is 5.10 Å². The molecule has 2 aliphatic rings. The Hall–Kier alpha value is -1.72. The number of nitrogens with zero attached hydrogens (tertiary/aromatic N) is 6. The Morgan fingerprint density at radius 3 is 2.68 bits per heavy atom. The van der Waals surface area contributed by atoms with E-state index in [4.69, 9.17) is 9.73 Å². The average molecular weight is 539 g/mol. The molecule has 0 radical (unpaired) electrons. The van der Waals surface area contributed by atoms with Crippen molar-refractivity contribution in [2.45, 2.75) is 39.8 Å². The van der Waals surface area contributed by atoms with Gasteiger partial charge in [-0.05, 0) is 44.9 Å². The summed E-state index contributed by atoms with van der Waals surface area (Å²) in [5, 5.41) is 7.97. The third-order valence-electron chi connectivity index (χ3n) is 5.81. The van der Waals surface area contributed by atoms with Crippen molar-refractivity contribution in [3.8, 4) is 5.82 Å². The lowest BCUT2D eigenvalue weighted by molar-refractivity contribution is 0.0195. The minimum Gasteiger partial charge on any atom is -0.379 e. The molecule has 0 aromatic carbocycles. The zero-order chi connectivity index (χ0) is 20.9. The monoisotopic (exact) mass is 539 g/mol. The number of ether oxygens (including phenoxy) is 1. The highest BCUT2D eigenvalue weighted by Crippen LogP contribution is 2.17. The largest absolute Gasteiger partial charge is 0.379 e. The summed E-state index contributed by atoms with van der Waals surface area (Å²) in [6.07, 6.45) is 3.09. The zero-order valence-electron chi connectivity index (χ0n) is 18.8. The van der Waals surface area contributed by atoms with Gasteiger partial charge in [0.1, 0.15) is 0 Å². The van der Waals surface area contributed by atoms with Crippen LogP contribution in [0.5, 0.6) is 0 Å². The molecule has 0 aliphatic carbocycles. The second-order valence-corrected chi connectivity index (χ2v) is 8.07. The summed E-state index contributed by atoms with van der Waals surface area (Å²) in [7, 11) is 0. The van der Waals surface area contributed by atoms with Crippen molar-refractivity contribution in [3.05, 3.63) is 41.3 Å². The van der Waals surface area contributed by atoms with Crippen LogP contribution in [0, 0.1) is 13.8 Å². The van der Waals surface area contributed by atoms with Gasteiger partial charge in [0.2, 0.25) is 0 Å². The molecule has 0 spiro atoms. The number of hydrogen-bond acceptors (Lipinski definition) is 5. The molecule has 2 fully saturated rings. The first kappa shape index (κ1) is 23.9. The van der Waals surface area contributed by atoms with E-state index in [0.717, 1.165) is 74.7 Å². The Bertz CT molecular complexity index is 861. The van der Waals surface area contributed by atoms with E-state index in [1.54, 1.807) is 0 Å². The average Bonchev–Trinajstić information content (AvgIpc) is 3.38. The predicted molar refractivity (Wildman–Crippen MR) is 133 cm³/mol. The first-order chi connectivity index (χ1) is 14.6. The summed E-state index contributed by atoms with van der Waals surface area (Å²) in [5.74, 6) is 1.84. The summed E-state index contributed by atoms with van der Waals surface area (Å²) in [5.41, 5.74) is 3.18. The first-order valence-corrected chi connectivity index (χ1v) is 11.0. The maximum Gasteiger partial charge on any atom is 0.194 e. The number of halogens is 1. The lowest BCUT2D eigenvalue weighted by Crippen LogP contribution is -2.46. The highest BCUT2D eigenvalue weighted by Gasteiger charge is 2.30. The number of rotatable bonds is 5. The molecular formula is C22H34IN7O. The molecule has 0 bridgehead atoms. The zero-order valence-corrected chi connectivity index (χ0v) is 21.1. The fourth-order valence-corrected chi connectivity index (χ4v) is 4.26. The molecule has 4 rings (SSSR count). The second kappa shape index (κ2) is 11.2. The number of hydrogen-bond donors (Lipinski definition) is 1. The molecule has 0 saturated carbocycles. The summed E-state index contributed by atoms with van der Waals surface area (Å²) in [6, 6.07) is 6.76. The Kier molecular flexibility index (Phi) is 8.67. The third kappa shape index (κ3) is 5.95. The maximum absolute atomic E-state index is 5.50. The van der Waals surface area contributed by atoms with E-state index >= 15 is 0 Å². The number of likely N-dealkylation sites (tertiary alicyclic amines) is 1. The maximum atomic E-state index is 5.50. The normalized spacial score (nSPS) is 20.0. The van der Waals surface area contributed by atoms with E-state index in [-0.39, 0.29) is 24.0 Å². The van der Waals surface area contributed by atoms with Crippen LogP contribution in [0.1, 0.15) is 30.3 Å². The Balaban J connectivity index is 0.00000272. The molecule has 2 aliphatic heterocycles. The van der Waals surface area contributed by atoms with Gasteiger partial charge in [-0.1, -0.05) is 6.07 Å². The molecule has 2 aromatic heterocycles. The van der Waals surface area contributed by atoms with Gasteiger partial charge in [0.05, 0.1) is 25.5 Å². The van der Waals surface area contributed by atoms with Crippen LogP contribution in [0.4, 0.5) is 0 Å². The van der Waals surface area contributed by atoms with Crippen LogP contribution in [-0.2, 0) is 11.3 Å². The standard InChI is InChI=1S/C22H33N7O.HI/c1-4-23-22(28-8-7-20(16-28)27-9-11-30-12-10-27)25-15-19-5-6-21(24-14-19)29-18(3)13-17(2)26-29;/h5-6,13-14,20H,4,7-12,15-16H2,1-3H3,(H,23,25);1H. The van der Waals surface area contributed by atoms with Crippen LogP contribution in [0.3, 0.4) is 0 Å². The van der Waals surface area contributed by atoms with Gasteiger partial charge in [-0.15, -0.1) is 24.0 Å². The fourth-order valence-electron chi connectivity index (χ4n) is 4.26. The molecule has 8 nitrogen and oxygen atoms in total. The molecule has 2 aromatic rings. The van der Waals surface area contributed by atoms with E-state index in [2.05, 4.69) is 44.3 Å². The summed E-state index contributed by atoms with van der Waals surface area (Å²) >= 11 is 0. The minimum absolute atomic E-state index is 0. The molecule has 0 amide bonds. The van der Waals surface area contributed by atoms with Crippen LogP contribution in [-0.4, -0.2) is 82.5 Å². The molecule has 170 valence electrons. The number of morpholine rings is 1. The van der Waals surface area contributed by atoms with E-state index in [0.29, 0.717) is 12.6 Å². The Morgan fingerprint density at radius 1 is 1.23 bits per heavy atom. The fraction of sp³-hybridized carbons (Fsp3) is 0.591. The van der Waals surface area contributed by atoms with Crippen LogP contribution in [0.2, 0.25) is 0 Å². The number of aryl methyl sites for hydroxylation is 2. The van der Waals surface area contributed by atoms with Crippen LogP contribution in [0.15, 0.2) is 29.4 Å². The van der Waals surface area contributed by atoms with Crippen molar-refractivity contribution in [3.63, 3.8) is 0 Å². The SMILES string of the molecule is CCNC(=NCc1ccc(-n2nc(C)cc2C)nc1)N1CCC(N2CCOCC2)C1.I. The molecule has 1 N–H and O–H groups in total. The van der Waals surface area contributed by atoms with Crippen molar-refractivity contribution in [2.24, 2.45) is 4.99 Å². The van der Waals surface area contributed by atoms with E-state index in [1.165, 1.54) is 6.42 Å². The molecule has 2 saturated heterocycles. The minimum atomic E-state index is 0. The number of aromatic nitrogens is 3. The lowest BCUT2D eigenvalue weighted by atomic mass is 10.2. The highest BCUT2D eigenvalue weighted by atomic mass is 127. The van der Waals surface area contributed by atoms with Crippen molar-refractivity contribution in [1.82, 2.24) is 29.9 Å². The van der Waals surface area contributed by atoms with Gasteiger partial charge in [0, 0.05) is 50.7 Å². The summed E-state index contributed by atoms with van der Waals surface area (Å²) in [4.78, 5) is 14.4. The second-order valence-electron chi connectivity index (χ2n) is 8.07. The van der Waals surface area contributed by atoms with E-state index in [1.807, 2.05) is 30.8 Å². The first-order valence-electron chi connectivity index (χ1n) is 11.0. The van der Waals surface area contributed by atoms with Crippen molar-refractivity contribution in [2.75, 3.05) is 45.9 Å². The number of nitrogens with one attached hydrogen (secondary N) is 1. The van der Waals surface area contributed by atoms with Crippen LogP contribution in [0.25, 0.3) is 5.82 Å². The van der Waals surface area contributed by atoms with Gasteiger partial charge < -0.3 is 15.0 Å². The Labute approximate surface area is 202 Å². The molecule has 1 atom stereocenters. The van der Waals surface area contributed by atoms with Crippen LogP contribution < -0.4 is 5.32 Å². The molecule has 4 heterocycles.